The zero-order chi connectivity index (χ0) is 15.5. The van der Waals surface area contributed by atoms with E-state index in [0.29, 0.717) is 19.2 Å². The summed E-state index contributed by atoms with van der Waals surface area (Å²) in [5.74, 6) is -1.68. The second-order valence-corrected chi connectivity index (χ2v) is 6.67. The normalized spacial score (nSPS) is 20.4. The predicted octanol–water partition coefficient (Wildman–Crippen LogP) is 1.70. The van der Waals surface area contributed by atoms with E-state index >= 15 is 0 Å². The minimum absolute atomic E-state index is 0.162. The number of hydrogen-bond acceptors (Lipinski definition) is 3. The summed E-state index contributed by atoms with van der Waals surface area (Å²) in [6.07, 6.45) is 2.49. The Kier molecular flexibility index (Phi) is 5.13. The summed E-state index contributed by atoms with van der Waals surface area (Å²) in [5.41, 5.74) is -0.245. The molecule has 0 saturated carbocycles. The number of hydrogen-bond donors (Lipinski definition) is 2. The lowest BCUT2D eigenvalue weighted by Crippen LogP contribution is -2.50. The van der Waals surface area contributed by atoms with Gasteiger partial charge in [-0.25, -0.2) is 8.78 Å². The van der Waals surface area contributed by atoms with E-state index in [4.69, 9.17) is 0 Å². The molecule has 0 aromatic heterocycles. The third kappa shape index (κ3) is 3.90. The van der Waals surface area contributed by atoms with Crippen LogP contribution in [0.2, 0.25) is 0 Å². The van der Waals surface area contributed by atoms with Gasteiger partial charge in [0.25, 0.3) is 0 Å². The quantitative estimate of drug-likeness (QED) is 0.868. The Labute approximate surface area is 123 Å². The van der Waals surface area contributed by atoms with Crippen LogP contribution in [0.5, 0.6) is 0 Å². The van der Waals surface area contributed by atoms with Gasteiger partial charge in [0.05, 0.1) is 5.69 Å². The van der Waals surface area contributed by atoms with Gasteiger partial charge in [0.1, 0.15) is 11.6 Å². The van der Waals surface area contributed by atoms with E-state index in [0.717, 1.165) is 31.4 Å². The van der Waals surface area contributed by atoms with Crippen LogP contribution in [0.3, 0.4) is 0 Å². The topological polar surface area (TPSA) is 61.4 Å². The first kappa shape index (κ1) is 16.1. The molecule has 1 unspecified atom stereocenters. The number of nitrogens with one attached hydrogen (secondary N) is 2. The second kappa shape index (κ2) is 6.67. The minimum atomic E-state index is -3.86. The highest BCUT2D eigenvalue weighted by atomic mass is 32.2. The smallest absolute Gasteiger partial charge is 0.302 e. The predicted molar refractivity (Wildman–Crippen MR) is 77.2 cm³/mol. The fourth-order valence-corrected chi connectivity index (χ4v) is 4.00. The van der Waals surface area contributed by atoms with Gasteiger partial charge in [0.15, 0.2) is 0 Å². The molecular weight excluding hydrogens is 300 g/mol. The third-order valence-electron chi connectivity index (χ3n) is 3.49. The molecule has 5 nitrogen and oxygen atoms in total. The first-order valence-electron chi connectivity index (χ1n) is 6.83. The monoisotopic (exact) mass is 319 g/mol. The van der Waals surface area contributed by atoms with E-state index in [1.54, 1.807) is 7.05 Å². The molecule has 8 heteroatoms. The molecule has 2 N–H and O–H groups in total. The molecule has 21 heavy (non-hydrogen) atoms. The van der Waals surface area contributed by atoms with Crippen molar-refractivity contribution in [1.82, 2.24) is 9.62 Å². The van der Waals surface area contributed by atoms with Crippen molar-refractivity contribution in [3.63, 3.8) is 0 Å². The highest BCUT2D eigenvalue weighted by Crippen LogP contribution is 2.23. The van der Waals surface area contributed by atoms with Crippen LogP contribution in [0.1, 0.15) is 19.3 Å². The number of anilines is 1. The van der Waals surface area contributed by atoms with Crippen molar-refractivity contribution in [1.29, 1.82) is 0 Å². The molecule has 1 heterocycles. The lowest BCUT2D eigenvalue weighted by atomic mass is 10.1. The zero-order valence-electron chi connectivity index (χ0n) is 11.8. The molecule has 1 aromatic carbocycles. The van der Waals surface area contributed by atoms with Gasteiger partial charge < -0.3 is 5.32 Å². The molecule has 0 spiro atoms. The van der Waals surface area contributed by atoms with Crippen LogP contribution in [-0.4, -0.2) is 38.9 Å². The molecule has 1 aliphatic rings. The fraction of sp³-hybridized carbons (Fsp3) is 0.538. The van der Waals surface area contributed by atoms with E-state index in [-0.39, 0.29) is 11.7 Å². The Hall–Kier alpha value is -1.25. The Morgan fingerprint density at radius 3 is 2.76 bits per heavy atom. The van der Waals surface area contributed by atoms with Crippen LogP contribution in [0, 0.1) is 11.6 Å². The van der Waals surface area contributed by atoms with Crippen molar-refractivity contribution in [2.24, 2.45) is 0 Å². The van der Waals surface area contributed by atoms with Crippen molar-refractivity contribution in [3.8, 4) is 0 Å². The number of likely N-dealkylation sites (N-methyl/N-ethyl adjacent to an activating group) is 1. The van der Waals surface area contributed by atoms with Gasteiger partial charge in [0, 0.05) is 25.2 Å². The SMILES string of the molecule is CNCC1CCCCN1S(=O)(=O)Nc1ccc(F)cc1F. The van der Waals surface area contributed by atoms with Gasteiger partial charge in [-0.3, -0.25) is 4.72 Å². The molecule has 1 atom stereocenters. The maximum atomic E-state index is 13.6. The van der Waals surface area contributed by atoms with Crippen molar-refractivity contribution in [2.45, 2.75) is 25.3 Å². The average molecular weight is 319 g/mol. The standard InChI is InChI=1S/C13H19F2N3O2S/c1-16-9-11-4-2-3-7-18(11)21(19,20)17-13-6-5-10(14)8-12(13)15/h5-6,8,11,16-17H,2-4,7,9H2,1H3. The lowest BCUT2D eigenvalue weighted by molar-refractivity contribution is 0.250. The van der Waals surface area contributed by atoms with Crippen LogP contribution in [0.25, 0.3) is 0 Å². The molecule has 2 rings (SSSR count). The van der Waals surface area contributed by atoms with Crippen LogP contribution < -0.4 is 10.0 Å². The summed E-state index contributed by atoms with van der Waals surface area (Å²) in [6, 6.07) is 2.59. The van der Waals surface area contributed by atoms with E-state index in [1.807, 2.05) is 0 Å². The number of nitrogens with zero attached hydrogens (tertiary/aromatic N) is 1. The summed E-state index contributed by atoms with van der Waals surface area (Å²) in [5, 5.41) is 2.96. The van der Waals surface area contributed by atoms with Gasteiger partial charge >= 0.3 is 10.2 Å². The molecule has 1 aliphatic heterocycles. The number of piperidine rings is 1. The first-order chi connectivity index (χ1) is 9.94. The van der Waals surface area contributed by atoms with Gasteiger partial charge in [-0.15, -0.1) is 0 Å². The van der Waals surface area contributed by atoms with Crippen LogP contribution >= 0.6 is 0 Å². The van der Waals surface area contributed by atoms with Gasteiger partial charge in [-0.2, -0.15) is 12.7 Å². The summed E-state index contributed by atoms with van der Waals surface area (Å²) in [4.78, 5) is 0. The van der Waals surface area contributed by atoms with E-state index in [9.17, 15) is 17.2 Å². The molecule has 0 aliphatic carbocycles. The summed E-state index contributed by atoms with van der Waals surface area (Å²) in [6.45, 7) is 0.928. The van der Waals surface area contributed by atoms with Gasteiger partial charge in [-0.05, 0) is 32.0 Å². The summed E-state index contributed by atoms with van der Waals surface area (Å²) >= 11 is 0. The highest BCUT2D eigenvalue weighted by molar-refractivity contribution is 7.90. The molecule has 1 saturated heterocycles. The second-order valence-electron chi connectivity index (χ2n) is 5.05. The Morgan fingerprint density at radius 1 is 1.33 bits per heavy atom. The van der Waals surface area contributed by atoms with Crippen LogP contribution in [0.4, 0.5) is 14.5 Å². The Morgan fingerprint density at radius 2 is 2.10 bits per heavy atom. The largest absolute Gasteiger partial charge is 0.318 e. The van der Waals surface area contributed by atoms with E-state index in [1.165, 1.54) is 4.31 Å². The molecular formula is C13H19F2N3O2S. The molecule has 0 amide bonds. The molecule has 0 radical (unpaired) electrons. The Balaban J connectivity index is 2.20. The van der Waals surface area contributed by atoms with E-state index in [2.05, 4.69) is 10.0 Å². The molecule has 118 valence electrons. The van der Waals surface area contributed by atoms with Crippen molar-refractivity contribution in [3.05, 3.63) is 29.8 Å². The Bertz CT molecular complexity index is 593. The van der Waals surface area contributed by atoms with Crippen molar-refractivity contribution < 1.29 is 17.2 Å². The van der Waals surface area contributed by atoms with Crippen LogP contribution in [0.15, 0.2) is 18.2 Å². The minimum Gasteiger partial charge on any atom is -0.318 e. The third-order valence-corrected chi connectivity index (χ3v) is 5.07. The summed E-state index contributed by atoms with van der Waals surface area (Å²) in [7, 11) is -2.11. The zero-order valence-corrected chi connectivity index (χ0v) is 12.6. The van der Waals surface area contributed by atoms with Crippen molar-refractivity contribution >= 4 is 15.9 Å². The average Bonchev–Trinajstić information content (AvgIpc) is 2.43. The molecule has 1 fully saturated rings. The number of rotatable bonds is 5. The van der Waals surface area contributed by atoms with Gasteiger partial charge in [0.2, 0.25) is 0 Å². The molecule has 1 aromatic rings. The van der Waals surface area contributed by atoms with Crippen molar-refractivity contribution in [2.75, 3.05) is 24.9 Å². The fourth-order valence-electron chi connectivity index (χ4n) is 2.50. The lowest BCUT2D eigenvalue weighted by Gasteiger charge is -2.34. The number of halogens is 2. The summed E-state index contributed by atoms with van der Waals surface area (Å²) < 4.78 is 54.8. The molecule has 0 bridgehead atoms. The van der Waals surface area contributed by atoms with Gasteiger partial charge in [-0.1, -0.05) is 6.42 Å². The highest BCUT2D eigenvalue weighted by Gasteiger charge is 2.32. The van der Waals surface area contributed by atoms with E-state index < -0.39 is 21.8 Å². The first-order valence-corrected chi connectivity index (χ1v) is 8.27. The number of benzene rings is 1. The maximum absolute atomic E-state index is 13.6. The van der Waals surface area contributed by atoms with Crippen LogP contribution in [-0.2, 0) is 10.2 Å². The maximum Gasteiger partial charge on any atom is 0.302 e.